The molecule has 0 saturated heterocycles. The molecule has 2 amide bonds. The van der Waals surface area contributed by atoms with Crippen molar-refractivity contribution in [2.24, 2.45) is 5.41 Å². The molecule has 26 heavy (non-hydrogen) atoms. The zero-order valence-corrected chi connectivity index (χ0v) is 16.3. The minimum Gasteiger partial charge on any atom is -0.495 e. The fourth-order valence-electron chi connectivity index (χ4n) is 2.31. The Morgan fingerprint density at radius 3 is 2.19 bits per heavy atom. The van der Waals surface area contributed by atoms with Crippen molar-refractivity contribution in [1.82, 2.24) is 0 Å². The molecule has 0 saturated carbocycles. The number of anilines is 2. The van der Waals surface area contributed by atoms with Gasteiger partial charge in [-0.25, -0.2) is 0 Å². The SMILES string of the molecule is COc1ccc(Cl)cc1NC(=O)C(C)(C)C(=O)Nc1cc(C)ccc1C. The van der Waals surface area contributed by atoms with Crippen molar-refractivity contribution >= 4 is 34.8 Å². The van der Waals surface area contributed by atoms with Crippen LogP contribution in [0.1, 0.15) is 25.0 Å². The van der Waals surface area contributed by atoms with E-state index in [9.17, 15) is 9.59 Å². The van der Waals surface area contributed by atoms with Gasteiger partial charge in [0.05, 0.1) is 12.8 Å². The number of carbonyl (C=O) groups is 2. The van der Waals surface area contributed by atoms with Gasteiger partial charge in [0.1, 0.15) is 11.2 Å². The van der Waals surface area contributed by atoms with Crippen molar-refractivity contribution in [2.45, 2.75) is 27.7 Å². The number of benzene rings is 2. The highest BCUT2D eigenvalue weighted by atomic mass is 35.5. The monoisotopic (exact) mass is 374 g/mol. The minimum atomic E-state index is -1.30. The van der Waals surface area contributed by atoms with E-state index in [1.807, 2.05) is 32.0 Å². The molecule has 138 valence electrons. The van der Waals surface area contributed by atoms with Crippen LogP contribution in [0.2, 0.25) is 5.02 Å². The highest BCUT2D eigenvalue weighted by Gasteiger charge is 2.36. The lowest BCUT2D eigenvalue weighted by atomic mass is 9.90. The van der Waals surface area contributed by atoms with E-state index in [1.165, 1.54) is 7.11 Å². The summed E-state index contributed by atoms with van der Waals surface area (Å²) < 4.78 is 5.22. The van der Waals surface area contributed by atoms with Crippen molar-refractivity contribution in [1.29, 1.82) is 0 Å². The first kappa shape index (κ1) is 19.8. The van der Waals surface area contributed by atoms with Gasteiger partial charge < -0.3 is 15.4 Å². The standard InChI is InChI=1S/C20H23ClN2O3/c1-12-6-7-13(2)15(10-12)22-18(24)20(3,4)19(25)23-16-11-14(21)8-9-17(16)26-5/h6-11H,1-5H3,(H,22,24)(H,23,25). The van der Waals surface area contributed by atoms with Gasteiger partial charge in [-0.3, -0.25) is 9.59 Å². The fourth-order valence-corrected chi connectivity index (χ4v) is 2.48. The number of carbonyl (C=O) groups excluding carboxylic acids is 2. The van der Waals surface area contributed by atoms with E-state index in [0.29, 0.717) is 22.1 Å². The topological polar surface area (TPSA) is 67.4 Å². The van der Waals surface area contributed by atoms with Gasteiger partial charge in [-0.05, 0) is 63.1 Å². The summed E-state index contributed by atoms with van der Waals surface area (Å²) in [4.78, 5) is 25.4. The number of hydrogen-bond acceptors (Lipinski definition) is 3. The zero-order valence-electron chi connectivity index (χ0n) is 15.6. The molecule has 0 radical (unpaired) electrons. The summed E-state index contributed by atoms with van der Waals surface area (Å²) in [7, 11) is 1.50. The first-order chi connectivity index (χ1) is 12.1. The lowest BCUT2D eigenvalue weighted by Crippen LogP contribution is -2.41. The normalized spacial score (nSPS) is 11.0. The van der Waals surface area contributed by atoms with Gasteiger partial charge >= 0.3 is 0 Å². The maximum Gasteiger partial charge on any atom is 0.239 e. The van der Waals surface area contributed by atoms with Crippen molar-refractivity contribution in [3.8, 4) is 5.75 Å². The number of ether oxygens (including phenoxy) is 1. The number of aryl methyl sites for hydroxylation is 2. The van der Waals surface area contributed by atoms with Crippen molar-refractivity contribution in [2.75, 3.05) is 17.7 Å². The first-order valence-corrected chi connectivity index (χ1v) is 8.56. The molecule has 5 nitrogen and oxygen atoms in total. The summed E-state index contributed by atoms with van der Waals surface area (Å²) in [6.07, 6.45) is 0. The zero-order chi connectivity index (χ0) is 19.5. The molecule has 0 heterocycles. The average Bonchev–Trinajstić information content (AvgIpc) is 2.58. The Morgan fingerprint density at radius 2 is 1.58 bits per heavy atom. The number of methoxy groups -OCH3 is 1. The molecule has 0 aliphatic carbocycles. The molecule has 6 heteroatoms. The van der Waals surface area contributed by atoms with Gasteiger partial charge in [0.25, 0.3) is 0 Å². The Hall–Kier alpha value is -2.53. The summed E-state index contributed by atoms with van der Waals surface area (Å²) in [5.74, 6) is -0.390. The van der Waals surface area contributed by atoms with E-state index in [0.717, 1.165) is 11.1 Å². The maximum atomic E-state index is 12.7. The first-order valence-electron chi connectivity index (χ1n) is 8.19. The Labute approximate surface area is 158 Å². The van der Waals surface area contributed by atoms with Crippen LogP contribution in [0.3, 0.4) is 0 Å². The Balaban J connectivity index is 2.20. The van der Waals surface area contributed by atoms with Crippen molar-refractivity contribution in [3.63, 3.8) is 0 Å². The second-order valence-electron chi connectivity index (χ2n) is 6.70. The van der Waals surface area contributed by atoms with Crippen molar-refractivity contribution in [3.05, 3.63) is 52.5 Å². The Morgan fingerprint density at radius 1 is 0.962 bits per heavy atom. The fraction of sp³-hybridized carbons (Fsp3) is 0.300. The molecule has 0 bridgehead atoms. The molecule has 2 N–H and O–H groups in total. The van der Waals surface area contributed by atoms with E-state index in [2.05, 4.69) is 10.6 Å². The van der Waals surface area contributed by atoms with Crippen LogP contribution in [0.5, 0.6) is 5.75 Å². The smallest absolute Gasteiger partial charge is 0.239 e. The molecule has 2 aromatic carbocycles. The van der Waals surface area contributed by atoms with E-state index < -0.39 is 17.2 Å². The van der Waals surface area contributed by atoms with Crippen LogP contribution in [-0.2, 0) is 9.59 Å². The summed E-state index contributed by atoms with van der Waals surface area (Å²) in [5, 5.41) is 6.02. The summed E-state index contributed by atoms with van der Waals surface area (Å²) in [6.45, 7) is 6.98. The molecule has 0 atom stereocenters. The van der Waals surface area contributed by atoms with Crippen LogP contribution in [0.15, 0.2) is 36.4 Å². The third-order valence-corrected chi connectivity index (χ3v) is 4.42. The Bertz CT molecular complexity index is 847. The number of amides is 2. The van der Waals surface area contributed by atoms with Gasteiger partial charge in [0.2, 0.25) is 11.8 Å². The minimum absolute atomic E-state index is 0.398. The van der Waals surface area contributed by atoms with E-state index in [4.69, 9.17) is 16.3 Å². The molecule has 2 aromatic rings. The predicted octanol–water partition coefficient (Wildman–Crippen LogP) is 4.57. The molecule has 0 unspecified atom stereocenters. The summed E-state index contributed by atoms with van der Waals surface area (Å²) in [5.41, 5.74) is 1.76. The maximum absolute atomic E-state index is 12.7. The van der Waals surface area contributed by atoms with Crippen LogP contribution >= 0.6 is 11.6 Å². The molecule has 0 aliphatic rings. The van der Waals surface area contributed by atoms with Crippen LogP contribution in [0.25, 0.3) is 0 Å². The molecular weight excluding hydrogens is 352 g/mol. The van der Waals surface area contributed by atoms with Gasteiger partial charge in [-0.2, -0.15) is 0 Å². The van der Waals surface area contributed by atoms with Gasteiger partial charge in [0, 0.05) is 10.7 Å². The quantitative estimate of drug-likeness (QED) is 0.753. The highest BCUT2D eigenvalue weighted by molar-refractivity contribution is 6.31. The van der Waals surface area contributed by atoms with Crippen LogP contribution in [0, 0.1) is 19.3 Å². The summed E-state index contributed by atoms with van der Waals surface area (Å²) >= 11 is 5.99. The van der Waals surface area contributed by atoms with E-state index >= 15 is 0 Å². The van der Waals surface area contributed by atoms with E-state index in [1.54, 1.807) is 32.0 Å². The van der Waals surface area contributed by atoms with Gasteiger partial charge in [-0.1, -0.05) is 23.7 Å². The molecule has 0 spiro atoms. The van der Waals surface area contributed by atoms with Crippen molar-refractivity contribution < 1.29 is 14.3 Å². The Kier molecular flexibility index (Phi) is 5.93. The lowest BCUT2D eigenvalue weighted by molar-refractivity contribution is -0.135. The second-order valence-corrected chi connectivity index (χ2v) is 7.13. The van der Waals surface area contributed by atoms with E-state index in [-0.39, 0.29) is 0 Å². The molecular formula is C20H23ClN2O3. The van der Waals surface area contributed by atoms with Crippen LogP contribution in [0.4, 0.5) is 11.4 Å². The van der Waals surface area contributed by atoms with Gasteiger partial charge in [0.15, 0.2) is 0 Å². The predicted molar refractivity (Wildman–Crippen MR) is 105 cm³/mol. The largest absolute Gasteiger partial charge is 0.495 e. The van der Waals surface area contributed by atoms with Crippen LogP contribution < -0.4 is 15.4 Å². The number of hydrogen-bond donors (Lipinski definition) is 2. The molecule has 0 fully saturated rings. The van der Waals surface area contributed by atoms with Crippen LogP contribution in [-0.4, -0.2) is 18.9 Å². The third-order valence-electron chi connectivity index (χ3n) is 4.19. The highest BCUT2D eigenvalue weighted by Crippen LogP contribution is 2.30. The summed E-state index contributed by atoms with van der Waals surface area (Å²) in [6, 6.07) is 10.7. The van der Waals surface area contributed by atoms with Gasteiger partial charge in [-0.15, -0.1) is 0 Å². The molecule has 2 rings (SSSR count). The number of rotatable bonds is 5. The third kappa shape index (κ3) is 4.35. The second kappa shape index (κ2) is 7.79. The molecule has 0 aromatic heterocycles. The average molecular weight is 375 g/mol. The number of halogens is 1. The lowest BCUT2D eigenvalue weighted by Gasteiger charge is -2.24. The molecule has 0 aliphatic heterocycles. The number of nitrogens with one attached hydrogen (secondary N) is 2.